The van der Waals surface area contributed by atoms with E-state index in [0.717, 1.165) is 22.0 Å². The van der Waals surface area contributed by atoms with Gasteiger partial charge in [0.15, 0.2) is 5.76 Å². The van der Waals surface area contributed by atoms with Crippen molar-refractivity contribution in [2.45, 2.75) is 17.6 Å². The summed E-state index contributed by atoms with van der Waals surface area (Å²) in [5.41, 5.74) is 0.250. The van der Waals surface area contributed by atoms with Crippen molar-refractivity contribution < 1.29 is 30.8 Å². The van der Waals surface area contributed by atoms with E-state index in [1.165, 1.54) is 12.1 Å². The average Bonchev–Trinajstić information content (AvgIpc) is 3.27. The smallest absolute Gasteiger partial charge is 0.417 e. The van der Waals surface area contributed by atoms with E-state index in [0.29, 0.717) is 36.8 Å². The Morgan fingerprint density at radius 1 is 1.03 bits per heavy atom. The molecule has 0 N–H and O–H groups in total. The topological polar surface area (TPSA) is 75.9 Å². The summed E-state index contributed by atoms with van der Waals surface area (Å²) >= 11 is 0. The lowest BCUT2D eigenvalue weighted by molar-refractivity contribution is -0.139. The molecule has 0 atom stereocenters. The highest BCUT2D eigenvalue weighted by molar-refractivity contribution is 7.89. The lowest BCUT2D eigenvalue weighted by Gasteiger charge is -2.33. The fourth-order valence-electron chi connectivity index (χ4n) is 3.78. The minimum absolute atomic E-state index is 0.0715. The Hall–Kier alpha value is -2.89. The van der Waals surface area contributed by atoms with Crippen LogP contribution in [0.5, 0.6) is 5.75 Å². The van der Waals surface area contributed by atoms with E-state index in [1.54, 1.807) is 13.2 Å². The van der Waals surface area contributed by atoms with Crippen LogP contribution in [0.15, 0.2) is 64.0 Å². The van der Waals surface area contributed by atoms with Gasteiger partial charge in [0.25, 0.3) is 0 Å². The Labute approximate surface area is 189 Å². The van der Waals surface area contributed by atoms with Gasteiger partial charge in [-0.05, 0) is 24.3 Å². The zero-order valence-corrected chi connectivity index (χ0v) is 18.6. The molecule has 11 heteroatoms. The number of rotatable bonds is 6. The van der Waals surface area contributed by atoms with Crippen LogP contribution in [0.4, 0.5) is 13.2 Å². The molecule has 176 valence electrons. The molecular formula is C22H22F3N3O4S. The highest BCUT2D eigenvalue weighted by Gasteiger charge is 2.39. The third-order valence-electron chi connectivity index (χ3n) is 5.46. The van der Waals surface area contributed by atoms with E-state index in [2.05, 4.69) is 5.16 Å². The summed E-state index contributed by atoms with van der Waals surface area (Å²) in [6.45, 7) is 1.23. The first-order valence-corrected chi connectivity index (χ1v) is 11.6. The Kier molecular flexibility index (Phi) is 6.46. The second kappa shape index (κ2) is 9.16. The van der Waals surface area contributed by atoms with Gasteiger partial charge in [-0.25, -0.2) is 8.42 Å². The van der Waals surface area contributed by atoms with Gasteiger partial charge in [-0.2, -0.15) is 17.5 Å². The van der Waals surface area contributed by atoms with Crippen LogP contribution in [-0.4, -0.2) is 56.1 Å². The number of sulfonamides is 1. The number of benzene rings is 2. The van der Waals surface area contributed by atoms with E-state index in [1.807, 2.05) is 29.2 Å². The molecule has 0 amide bonds. The molecular weight excluding hydrogens is 459 g/mol. The van der Waals surface area contributed by atoms with Crippen LogP contribution < -0.4 is 4.74 Å². The van der Waals surface area contributed by atoms with Gasteiger partial charge in [0.2, 0.25) is 10.0 Å². The van der Waals surface area contributed by atoms with Crippen molar-refractivity contribution in [1.29, 1.82) is 0 Å². The normalized spacial score (nSPS) is 16.1. The van der Waals surface area contributed by atoms with Gasteiger partial charge >= 0.3 is 6.18 Å². The number of hydrogen-bond donors (Lipinski definition) is 0. The second-order valence-electron chi connectivity index (χ2n) is 7.55. The maximum atomic E-state index is 13.3. The molecule has 4 rings (SSSR count). The molecule has 0 radical (unpaired) electrons. The predicted molar refractivity (Wildman–Crippen MR) is 114 cm³/mol. The Bertz CT molecular complexity index is 1220. The van der Waals surface area contributed by atoms with Crippen molar-refractivity contribution in [3.05, 3.63) is 65.9 Å². The summed E-state index contributed by atoms with van der Waals surface area (Å²) in [6.07, 6.45) is -4.75. The zero-order valence-electron chi connectivity index (χ0n) is 17.7. The number of methoxy groups -OCH3 is 1. The van der Waals surface area contributed by atoms with Gasteiger partial charge in [0.1, 0.15) is 11.4 Å². The molecule has 1 aromatic heterocycles. The van der Waals surface area contributed by atoms with E-state index in [4.69, 9.17) is 9.26 Å². The summed E-state index contributed by atoms with van der Waals surface area (Å²) in [5.74, 6) is 1.25. The number of alkyl halides is 3. The average molecular weight is 481 g/mol. The molecule has 0 aliphatic carbocycles. The van der Waals surface area contributed by atoms with Crippen molar-refractivity contribution >= 4 is 10.0 Å². The summed E-state index contributed by atoms with van der Waals surface area (Å²) < 4.78 is 77.6. The number of piperazine rings is 1. The van der Waals surface area contributed by atoms with Gasteiger partial charge < -0.3 is 9.26 Å². The van der Waals surface area contributed by atoms with Crippen molar-refractivity contribution in [1.82, 2.24) is 14.4 Å². The largest absolute Gasteiger partial charge is 0.496 e. The zero-order chi connectivity index (χ0) is 23.6. The first-order valence-electron chi connectivity index (χ1n) is 10.2. The molecule has 2 heterocycles. The lowest BCUT2D eigenvalue weighted by Crippen LogP contribution is -2.48. The molecule has 1 fully saturated rings. The summed E-state index contributed by atoms with van der Waals surface area (Å²) in [5, 5.41) is 4.09. The van der Waals surface area contributed by atoms with Crippen LogP contribution in [0.3, 0.4) is 0 Å². The quantitative estimate of drug-likeness (QED) is 0.532. The molecule has 3 aromatic rings. The summed E-state index contributed by atoms with van der Waals surface area (Å²) in [6, 6.07) is 13.4. The fraction of sp³-hybridized carbons (Fsp3) is 0.318. The van der Waals surface area contributed by atoms with Crippen molar-refractivity contribution in [2.24, 2.45) is 0 Å². The number of para-hydroxylation sites is 1. The summed E-state index contributed by atoms with van der Waals surface area (Å²) in [7, 11) is -2.70. The van der Waals surface area contributed by atoms with Crippen LogP contribution in [-0.2, 0) is 22.7 Å². The Balaban J connectivity index is 1.43. The van der Waals surface area contributed by atoms with Gasteiger partial charge in [0, 0.05) is 37.8 Å². The summed E-state index contributed by atoms with van der Waals surface area (Å²) in [4.78, 5) is 1.25. The molecule has 7 nitrogen and oxygen atoms in total. The molecule has 0 bridgehead atoms. The molecule has 0 saturated carbocycles. The molecule has 1 saturated heterocycles. The molecule has 2 aromatic carbocycles. The highest BCUT2D eigenvalue weighted by atomic mass is 32.2. The number of hydrogen-bond acceptors (Lipinski definition) is 6. The minimum Gasteiger partial charge on any atom is -0.496 e. The van der Waals surface area contributed by atoms with Gasteiger partial charge in [-0.3, -0.25) is 4.90 Å². The fourth-order valence-corrected chi connectivity index (χ4v) is 5.42. The number of aromatic nitrogens is 1. The third kappa shape index (κ3) is 4.90. The Morgan fingerprint density at radius 2 is 1.70 bits per heavy atom. The minimum atomic E-state index is -4.75. The van der Waals surface area contributed by atoms with E-state index in [-0.39, 0.29) is 13.1 Å². The number of ether oxygens (including phenoxy) is 1. The van der Waals surface area contributed by atoms with E-state index in [9.17, 15) is 21.6 Å². The van der Waals surface area contributed by atoms with Crippen molar-refractivity contribution in [3.63, 3.8) is 0 Å². The third-order valence-corrected chi connectivity index (χ3v) is 7.42. The Morgan fingerprint density at radius 3 is 2.39 bits per heavy atom. The van der Waals surface area contributed by atoms with Gasteiger partial charge in [0.05, 0.1) is 24.1 Å². The second-order valence-corrected chi connectivity index (χ2v) is 9.46. The number of nitrogens with zero attached hydrogens (tertiary/aromatic N) is 3. The van der Waals surface area contributed by atoms with Crippen LogP contribution in [0.25, 0.3) is 11.3 Å². The highest BCUT2D eigenvalue weighted by Crippen LogP contribution is 2.35. The maximum absolute atomic E-state index is 13.3. The van der Waals surface area contributed by atoms with Crippen molar-refractivity contribution in [2.75, 3.05) is 33.3 Å². The predicted octanol–water partition coefficient (Wildman–Crippen LogP) is 3.88. The molecule has 0 unspecified atom stereocenters. The monoisotopic (exact) mass is 481 g/mol. The van der Waals surface area contributed by atoms with Gasteiger partial charge in [-0.1, -0.05) is 29.4 Å². The first kappa shape index (κ1) is 23.3. The van der Waals surface area contributed by atoms with Crippen molar-refractivity contribution in [3.8, 4) is 17.0 Å². The molecule has 0 spiro atoms. The molecule has 1 aliphatic heterocycles. The number of halogens is 3. The van der Waals surface area contributed by atoms with Crippen LogP contribution in [0.1, 0.15) is 11.3 Å². The van der Waals surface area contributed by atoms with Crippen LogP contribution in [0, 0.1) is 0 Å². The van der Waals surface area contributed by atoms with Crippen LogP contribution >= 0.6 is 0 Å². The standard InChI is InChI=1S/C22H22F3N3O4S/c1-31-20-8-4-2-6-17(20)19-14-16(32-26-19)15-27-10-12-28(13-11-27)33(29,30)21-9-5-3-7-18(21)22(23,24)25/h2-9,14H,10-13,15H2,1H3. The lowest BCUT2D eigenvalue weighted by atomic mass is 10.1. The maximum Gasteiger partial charge on any atom is 0.417 e. The molecule has 1 aliphatic rings. The first-order chi connectivity index (χ1) is 15.7. The molecule has 33 heavy (non-hydrogen) atoms. The van der Waals surface area contributed by atoms with Gasteiger partial charge in [-0.15, -0.1) is 0 Å². The van der Waals surface area contributed by atoms with Crippen LogP contribution in [0.2, 0.25) is 0 Å². The van der Waals surface area contributed by atoms with E-state index >= 15 is 0 Å². The SMILES string of the molecule is COc1ccccc1-c1cc(CN2CCN(S(=O)(=O)c3ccccc3C(F)(F)F)CC2)on1. The van der Waals surface area contributed by atoms with E-state index < -0.39 is 26.7 Å².